The van der Waals surface area contributed by atoms with E-state index in [0.717, 1.165) is 11.0 Å². The van der Waals surface area contributed by atoms with Gasteiger partial charge >= 0.3 is 0 Å². The van der Waals surface area contributed by atoms with Crippen molar-refractivity contribution in [1.29, 1.82) is 0 Å². The molecule has 1 atom stereocenters. The van der Waals surface area contributed by atoms with Crippen LogP contribution in [0.1, 0.15) is 49.6 Å². The van der Waals surface area contributed by atoms with E-state index in [0.29, 0.717) is 5.56 Å². The van der Waals surface area contributed by atoms with Gasteiger partial charge < -0.3 is 5.32 Å². The zero-order valence-corrected chi connectivity index (χ0v) is 15.3. The minimum absolute atomic E-state index is 0.108. The highest BCUT2D eigenvalue weighted by molar-refractivity contribution is 6.35. The Bertz CT molecular complexity index is 962. The Morgan fingerprint density at radius 2 is 1.73 bits per heavy atom. The Labute approximate surface area is 158 Å². The second-order valence-corrected chi connectivity index (χ2v) is 6.73. The summed E-state index contributed by atoms with van der Waals surface area (Å²) in [5, 5.41) is 2.80. The lowest BCUT2D eigenvalue weighted by molar-refractivity contribution is 0.0693. The summed E-state index contributed by atoms with van der Waals surface area (Å²) in [6.45, 7) is 1.64. The normalized spacial score (nSPS) is 14.4. The molecule has 5 nitrogen and oxygen atoms in total. The number of fused-ring (bicyclic) bond motifs is 1. The molecule has 0 spiro atoms. The van der Waals surface area contributed by atoms with Gasteiger partial charge in [-0.25, -0.2) is 4.39 Å². The molecule has 0 saturated carbocycles. The van der Waals surface area contributed by atoms with Gasteiger partial charge in [0.25, 0.3) is 17.7 Å². The van der Waals surface area contributed by atoms with E-state index >= 15 is 0 Å². The number of carbonyl (C=O) groups is 3. The summed E-state index contributed by atoms with van der Waals surface area (Å²) < 4.78 is 13.7. The molecule has 1 unspecified atom stereocenters. The van der Waals surface area contributed by atoms with Crippen LogP contribution in [0.25, 0.3) is 0 Å². The fraction of sp³-hybridized carbons (Fsp3) is 0.167. The van der Waals surface area contributed by atoms with Gasteiger partial charge in [0.05, 0.1) is 22.2 Å². The van der Waals surface area contributed by atoms with Crippen molar-refractivity contribution in [2.45, 2.75) is 13.0 Å². The number of hydrogen-bond donors (Lipinski definition) is 1. The number of halogens is 3. The maximum absolute atomic E-state index is 13.7. The van der Waals surface area contributed by atoms with Crippen LogP contribution in [0, 0.1) is 5.82 Å². The fourth-order valence-electron chi connectivity index (χ4n) is 2.73. The third kappa shape index (κ3) is 3.06. The third-order valence-electron chi connectivity index (χ3n) is 4.21. The summed E-state index contributed by atoms with van der Waals surface area (Å²) in [4.78, 5) is 37.4. The first-order valence-corrected chi connectivity index (χ1v) is 8.38. The van der Waals surface area contributed by atoms with Crippen LogP contribution >= 0.6 is 23.2 Å². The lowest BCUT2D eigenvalue weighted by Gasteiger charge is -2.16. The first-order valence-electron chi connectivity index (χ1n) is 7.62. The molecule has 26 heavy (non-hydrogen) atoms. The van der Waals surface area contributed by atoms with Gasteiger partial charge in [-0.1, -0.05) is 23.2 Å². The predicted molar refractivity (Wildman–Crippen MR) is 95.2 cm³/mol. The Kier molecular flexibility index (Phi) is 4.73. The van der Waals surface area contributed by atoms with Crippen LogP contribution in [0.3, 0.4) is 0 Å². The van der Waals surface area contributed by atoms with Gasteiger partial charge in [-0.05, 0) is 42.8 Å². The van der Waals surface area contributed by atoms with Crippen molar-refractivity contribution in [3.8, 4) is 0 Å². The highest BCUT2D eigenvalue weighted by Crippen LogP contribution is 2.29. The Balaban J connectivity index is 1.84. The van der Waals surface area contributed by atoms with Crippen molar-refractivity contribution < 1.29 is 18.8 Å². The Morgan fingerprint density at radius 1 is 1.08 bits per heavy atom. The smallest absolute Gasteiger partial charge is 0.261 e. The van der Waals surface area contributed by atoms with Gasteiger partial charge in [0.1, 0.15) is 5.82 Å². The number of carbonyl (C=O) groups excluding carboxylic acids is 3. The van der Waals surface area contributed by atoms with E-state index < -0.39 is 29.6 Å². The van der Waals surface area contributed by atoms with E-state index in [-0.39, 0.29) is 26.7 Å². The van der Waals surface area contributed by atoms with Gasteiger partial charge in [0.15, 0.2) is 0 Å². The predicted octanol–water partition coefficient (Wildman–Crippen LogP) is 3.85. The second-order valence-electron chi connectivity index (χ2n) is 5.91. The van der Waals surface area contributed by atoms with Gasteiger partial charge in [0.2, 0.25) is 0 Å². The van der Waals surface area contributed by atoms with E-state index in [1.165, 1.54) is 31.3 Å². The molecule has 134 valence electrons. The number of rotatable bonds is 3. The topological polar surface area (TPSA) is 66.5 Å². The minimum Gasteiger partial charge on any atom is -0.345 e. The summed E-state index contributed by atoms with van der Waals surface area (Å²) in [5.74, 6) is -2.00. The molecule has 2 aromatic carbocycles. The largest absolute Gasteiger partial charge is 0.345 e. The molecule has 0 radical (unpaired) electrons. The number of hydrogen-bond acceptors (Lipinski definition) is 3. The maximum Gasteiger partial charge on any atom is 0.261 e. The first kappa shape index (κ1) is 18.4. The van der Waals surface area contributed by atoms with Crippen molar-refractivity contribution in [2.24, 2.45) is 0 Å². The molecular formula is C18H13Cl2FN2O3. The molecule has 1 aliphatic rings. The summed E-state index contributed by atoms with van der Waals surface area (Å²) in [6, 6.07) is 6.09. The molecule has 2 aromatic rings. The summed E-state index contributed by atoms with van der Waals surface area (Å²) >= 11 is 11.7. The second kappa shape index (κ2) is 6.70. The SMILES string of the molecule is CC(NC(=O)c1ccc2c(c1)C(=O)N(C)C2=O)c1cc(F)c(Cl)cc1Cl. The van der Waals surface area contributed by atoms with Gasteiger partial charge in [-0.15, -0.1) is 0 Å². The standard InChI is InChI=1S/C18H13Cl2FN2O3/c1-8(11-6-15(21)14(20)7-13(11)19)22-16(24)9-3-4-10-12(5-9)18(26)23(2)17(10)25/h3-8H,1-2H3,(H,22,24). The lowest BCUT2D eigenvalue weighted by Crippen LogP contribution is -2.27. The van der Waals surface area contributed by atoms with Gasteiger partial charge in [-0.3, -0.25) is 19.3 Å². The van der Waals surface area contributed by atoms with Crippen LogP contribution in [0.15, 0.2) is 30.3 Å². The lowest BCUT2D eigenvalue weighted by atomic mass is 10.0. The van der Waals surface area contributed by atoms with Crippen molar-refractivity contribution in [3.63, 3.8) is 0 Å². The van der Waals surface area contributed by atoms with Crippen LogP contribution in [0.5, 0.6) is 0 Å². The number of imide groups is 1. The molecule has 1 heterocycles. The average Bonchev–Trinajstić information content (AvgIpc) is 2.82. The molecule has 0 aromatic heterocycles. The Hall–Kier alpha value is -2.44. The molecule has 3 amide bonds. The molecule has 3 rings (SSSR count). The molecular weight excluding hydrogens is 382 g/mol. The number of benzene rings is 2. The van der Waals surface area contributed by atoms with E-state index in [9.17, 15) is 18.8 Å². The zero-order valence-electron chi connectivity index (χ0n) is 13.8. The third-order valence-corrected chi connectivity index (χ3v) is 4.82. The van der Waals surface area contributed by atoms with Crippen molar-refractivity contribution in [3.05, 3.63) is 68.4 Å². The summed E-state index contributed by atoms with van der Waals surface area (Å²) in [5.41, 5.74) is 1.00. The molecule has 1 N–H and O–H groups in total. The molecule has 0 saturated heterocycles. The van der Waals surface area contributed by atoms with Gasteiger partial charge in [0, 0.05) is 17.6 Å². The molecule has 1 aliphatic heterocycles. The van der Waals surface area contributed by atoms with E-state index in [4.69, 9.17) is 23.2 Å². The van der Waals surface area contributed by atoms with Gasteiger partial charge in [-0.2, -0.15) is 0 Å². The molecule has 0 fully saturated rings. The van der Waals surface area contributed by atoms with Crippen LogP contribution in [0.4, 0.5) is 4.39 Å². The monoisotopic (exact) mass is 394 g/mol. The van der Waals surface area contributed by atoms with Crippen LogP contribution < -0.4 is 5.32 Å². The molecule has 0 aliphatic carbocycles. The van der Waals surface area contributed by atoms with Crippen molar-refractivity contribution >= 4 is 40.9 Å². The molecule has 0 bridgehead atoms. The zero-order chi connectivity index (χ0) is 19.2. The van der Waals surface area contributed by atoms with E-state index in [1.807, 2.05) is 0 Å². The van der Waals surface area contributed by atoms with Crippen LogP contribution in [-0.4, -0.2) is 29.7 Å². The number of nitrogens with zero attached hydrogens (tertiary/aromatic N) is 1. The number of nitrogens with one attached hydrogen (secondary N) is 1. The average molecular weight is 395 g/mol. The number of amides is 3. The van der Waals surface area contributed by atoms with Crippen LogP contribution in [0.2, 0.25) is 10.0 Å². The molecule has 8 heteroatoms. The maximum atomic E-state index is 13.7. The fourth-order valence-corrected chi connectivity index (χ4v) is 3.28. The van der Waals surface area contributed by atoms with Crippen molar-refractivity contribution in [2.75, 3.05) is 7.05 Å². The summed E-state index contributed by atoms with van der Waals surface area (Å²) in [6.07, 6.45) is 0. The van der Waals surface area contributed by atoms with E-state index in [1.54, 1.807) is 6.92 Å². The van der Waals surface area contributed by atoms with Crippen LogP contribution in [-0.2, 0) is 0 Å². The Morgan fingerprint density at radius 3 is 2.42 bits per heavy atom. The minimum atomic E-state index is -0.642. The first-order chi connectivity index (χ1) is 12.2. The van der Waals surface area contributed by atoms with E-state index in [2.05, 4.69) is 5.32 Å². The summed E-state index contributed by atoms with van der Waals surface area (Å²) in [7, 11) is 1.38. The highest BCUT2D eigenvalue weighted by atomic mass is 35.5. The van der Waals surface area contributed by atoms with Crippen molar-refractivity contribution in [1.82, 2.24) is 10.2 Å². The quantitative estimate of drug-likeness (QED) is 0.634. The highest BCUT2D eigenvalue weighted by Gasteiger charge is 2.33.